The summed E-state index contributed by atoms with van der Waals surface area (Å²) in [7, 11) is 0. The molecule has 2 aromatic rings. The van der Waals surface area contributed by atoms with Crippen LogP contribution in [0.15, 0.2) is 53.4 Å². The van der Waals surface area contributed by atoms with E-state index < -0.39 is 0 Å². The second-order valence-corrected chi connectivity index (χ2v) is 5.40. The van der Waals surface area contributed by atoms with E-state index in [0.717, 1.165) is 5.56 Å². The maximum absolute atomic E-state index is 13.4. The van der Waals surface area contributed by atoms with Crippen molar-refractivity contribution in [1.82, 2.24) is 0 Å². The largest absolute Gasteiger partial charge is 0.323 e. The lowest BCUT2D eigenvalue weighted by molar-refractivity contribution is 0.602. The van der Waals surface area contributed by atoms with Crippen molar-refractivity contribution in [2.45, 2.75) is 10.9 Å². The smallest absolute Gasteiger partial charge is 0.136 e. The summed E-state index contributed by atoms with van der Waals surface area (Å²) in [5.74, 6) is 0.425. The van der Waals surface area contributed by atoms with Gasteiger partial charge in [-0.3, -0.25) is 0 Å². The van der Waals surface area contributed by atoms with Crippen LogP contribution in [0.5, 0.6) is 0 Å². The van der Waals surface area contributed by atoms with Gasteiger partial charge in [-0.2, -0.15) is 0 Å². The van der Waals surface area contributed by atoms with Gasteiger partial charge in [-0.1, -0.05) is 35.9 Å². The highest BCUT2D eigenvalue weighted by molar-refractivity contribution is 7.99. The fourth-order valence-corrected chi connectivity index (χ4v) is 2.61. The average Bonchev–Trinajstić information content (AvgIpc) is 2.38. The number of nitrogens with two attached hydrogens (primary N) is 1. The van der Waals surface area contributed by atoms with Crippen LogP contribution < -0.4 is 5.73 Å². The van der Waals surface area contributed by atoms with Crippen LogP contribution in [0.4, 0.5) is 4.39 Å². The van der Waals surface area contributed by atoms with E-state index in [-0.39, 0.29) is 11.9 Å². The Morgan fingerprint density at radius 2 is 1.78 bits per heavy atom. The molecule has 0 saturated carbocycles. The van der Waals surface area contributed by atoms with E-state index >= 15 is 0 Å². The lowest BCUT2D eigenvalue weighted by Gasteiger charge is -2.12. The molecule has 0 radical (unpaired) electrons. The third-order valence-corrected chi connectivity index (χ3v) is 3.97. The average molecular weight is 282 g/mol. The Hall–Kier alpha value is -1.03. The van der Waals surface area contributed by atoms with E-state index in [9.17, 15) is 4.39 Å². The third-order valence-electron chi connectivity index (χ3n) is 2.55. The molecule has 0 spiro atoms. The zero-order valence-electron chi connectivity index (χ0n) is 9.64. The molecule has 2 aromatic carbocycles. The molecule has 4 heteroatoms. The van der Waals surface area contributed by atoms with Crippen LogP contribution >= 0.6 is 23.4 Å². The minimum Gasteiger partial charge on any atom is -0.323 e. The summed E-state index contributed by atoms with van der Waals surface area (Å²) >= 11 is 7.24. The number of hydrogen-bond donors (Lipinski definition) is 1. The third kappa shape index (κ3) is 3.48. The molecule has 0 amide bonds. The molecule has 0 bridgehead atoms. The van der Waals surface area contributed by atoms with E-state index in [1.54, 1.807) is 12.1 Å². The fraction of sp³-hybridized carbons (Fsp3) is 0.143. The highest BCUT2D eigenvalue weighted by Crippen LogP contribution is 2.26. The van der Waals surface area contributed by atoms with Crippen molar-refractivity contribution in [2.24, 2.45) is 5.73 Å². The topological polar surface area (TPSA) is 26.0 Å². The van der Waals surface area contributed by atoms with Gasteiger partial charge in [0.2, 0.25) is 0 Å². The van der Waals surface area contributed by atoms with E-state index in [1.165, 1.54) is 17.8 Å². The molecular formula is C14H13ClFNS. The van der Waals surface area contributed by atoms with Crippen molar-refractivity contribution >= 4 is 23.4 Å². The summed E-state index contributed by atoms with van der Waals surface area (Å²) in [6, 6.07) is 14.0. The lowest BCUT2D eigenvalue weighted by Crippen LogP contribution is -2.12. The first-order chi connectivity index (χ1) is 8.66. The van der Waals surface area contributed by atoms with Crippen LogP contribution in [0, 0.1) is 5.82 Å². The maximum Gasteiger partial charge on any atom is 0.136 e. The summed E-state index contributed by atoms with van der Waals surface area (Å²) in [5.41, 5.74) is 7.06. The van der Waals surface area contributed by atoms with Gasteiger partial charge < -0.3 is 5.73 Å². The van der Waals surface area contributed by atoms with Crippen LogP contribution in [0.3, 0.4) is 0 Å². The van der Waals surface area contributed by atoms with E-state index in [0.29, 0.717) is 15.7 Å². The van der Waals surface area contributed by atoms with Crippen LogP contribution in [0.2, 0.25) is 5.02 Å². The Balaban J connectivity index is 1.98. The first-order valence-electron chi connectivity index (χ1n) is 5.55. The number of halogens is 2. The second kappa shape index (κ2) is 6.23. The summed E-state index contributed by atoms with van der Waals surface area (Å²) in [6.45, 7) is 0. The zero-order chi connectivity index (χ0) is 13.0. The quantitative estimate of drug-likeness (QED) is 0.847. The Bertz CT molecular complexity index is 515. The molecule has 18 heavy (non-hydrogen) atoms. The van der Waals surface area contributed by atoms with Gasteiger partial charge >= 0.3 is 0 Å². The molecule has 94 valence electrons. The number of hydrogen-bond acceptors (Lipinski definition) is 2. The monoisotopic (exact) mass is 281 g/mol. The Morgan fingerprint density at radius 1 is 1.11 bits per heavy atom. The van der Waals surface area contributed by atoms with Crippen molar-refractivity contribution in [2.75, 3.05) is 5.75 Å². The van der Waals surface area contributed by atoms with E-state index in [2.05, 4.69) is 0 Å². The van der Waals surface area contributed by atoms with Crippen molar-refractivity contribution in [3.05, 3.63) is 64.9 Å². The molecule has 0 aliphatic carbocycles. The zero-order valence-corrected chi connectivity index (χ0v) is 11.2. The fourth-order valence-electron chi connectivity index (χ4n) is 1.55. The molecular weight excluding hydrogens is 269 g/mol. The van der Waals surface area contributed by atoms with Crippen molar-refractivity contribution < 1.29 is 4.39 Å². The van der Waals surface area contributed by atoms with Crippen LogP contribution in [-0.4, -0.2) is 5.75 Å². The Kier molecular flexibility index (Phi) is 4.64. The van der Waals surface area contributed by atoms with Crippen LogP contribution in [-0.2, 0) is 0 Å². The van der Waals surface area contributed by atoms with Crippen molar-refractivity contribution in [3.63, 3.8) is 0 Å². The van der Waals surface area contributed by atoms with Gasteiger partial charge in [-0.25, -0.2) is 4.39 Å². The maximum atomic E-state index is 13.4. The number of benzene rings is 2. The predicted molar refractivity (Wildman–Crippen MR) is 75.5 cm³/mol. The van der Waals surface area contributed by atoms with Gasteiger partial charge in [-0.15, -0.1) is 11.8 Å². The van der Waals surface area contributed by atoms with Gasteiger partial charge in [-0.05, 0) is 29.8 Å². The summed E-state index contributed by atoms with van der Waals surface area (Å²) in [5, 5.41) is 0.688. The summed E-state index contributed by atoms with van der Waals surface area (Å²) in [4.78, 5) is 0.627. The standard InChI is InChI=1S/C14H13ClFNS/c15-11-7-5-10(6-8-11)13(17)9-18-14-4-2-1-3-12(14)16/h1-8,13H,9,17H2. The van der Waals surface area contributed by atoms with Gasteiger partial charge in [0.25, 0.3) is 0 Å². The highest BCUT2D eigenvalue weighted by Gasteiger charge is 2.08. The van der Waals surface area contributed by atoms with E-state index in [1.807, 2.05) is 30.3 Å². The SMILES string of the molecule is NC(CSc1ccccc1F)c1ccc(Cl)cc1. The minimum absolute atomic E-state index is 0.133. The molecule has 0 aliphatic heterocycles. The molecule has 0 aliphatic rings. The van der Waals surface area contributed by atoms with Gasteiger partial charge in [0.05, 0.1) is 0 Å². The number of thioether (sulfide) groups is 1. The van der Waals surface area contributed by atoms with Gasteiger partial charge in [0, 0.05) is 21.7 Å². The van der Waals surface area contributed by atoms with Crippen LogP contribution in [0.1, 0.15) is 11.6 Å². The molecule has 0 saturated heterocycles. The molecule has 0 heterocycles. The van der Waals surface area contributed by atoms with Crippen LogP contribution in [0.25, 0.3) is 0 Å². The Morgan fingerprint density at radius 3 is 2.44 bits per heavy atom. The first-order valence-corrected chi connectivity index (χ1v) is 6.91. The minimum atomic E-state index is -0.203. The molecule has 0 fully saturated rings. The number of rotatable bonds is 4. The molecule has 1 atom stereocenters. The molecule has 1 unspecified atom stereocenters. The second-order valence-electron chi connectivity index (χ2n) is 3.90. The normalized spacial score (nSPS) is 12.4. The Labute approximate surface area is 115 Å². The van der Waals surface area contributed by atoms with Gasteiger partial charge in [0.1, 0.15) is 5.82 Å². The summed E-state index contributed by atoms with van der Waals surface area (Å²) in [6.07, 6.45) is 0. The highest BCUT2D eigenvalue weighted by atomic mass is 35.5. The molecule has 2 N–H and O–H groups in total. The van der Waals surface area contributed by atoms with Gasteiger partial charge in [0.15, 0.2) is 0 Å². The lowest BCUT2D eigenvalue weighted by atomic mass is 10.1. The molecule has 2 rings (SSSR count). The molecule has 0 aromatic heterocycles. The predicted octanol–water partition coefficient (Wildman–Crippen LogP) is 4.27. The van der Waals surface area contributed by atoms with Crippen molar-refractivity contribution in [1.29, 1.82) is 0 Å². The van der Waals surface area contributed by atoms with Crippen molar-refractivity contribution in [3.8, 4) is 0 Å². The molecule has 1 nitrogen and oxygen atoms in total. The summed E-state index contributed by atoms with van der Waals surface area (Å²) < 4.78 is 13.4. The first kappa shape index (κ1) is 13.4. The van der Waals surface area contributed by atoms with E-state index in [4.69, 9.17) is 17.3 Å².